The van der Waals surface area contributed by atoms with E-state index in [2.05, 4.69) is 11.8 Å². The molecule has 0 spiro atoms. The molecule has 1 heterocycles. The van der Waals surface area contributed by atoms with Gasteiger partial charge >= 0.3 is 0 Å². The quantitative estimate of drug-likeness (QED) is 0.860. The minimum Gasteiger partial charge on any atom is -0.497 e. The van der Waals surface area contributed by atoms with Gasteiger partial charge in [-0.25, -0.2) is 0 Å². The van der Waals surface area contributed by atoms with Crippen LogP contribution in [0, 0.1) is 11.8 Å². The van der Waals surface area contributed by atoms with E-state index in [0.717, 1.165) is 21.8 Å². The fourth-order valence-electron chi connectivity index (χ4n) is 1.65. The number of benzene rings is 1. The summed E-state index contributed by atoms with van der Waals surface area (Å²) >= 11 is 1.61. The highest BCUT2D eigenvalue weighted by atomic mass is 32.1. The smallest absolute Gasteiger partial charge is 0.118 e. The van der Waals surface area contributed by atoms with E-state index in [1.807, 2.05) is 35.7 Å². The summed E-state index contributed by atoms with van der Waals surface area (Å²) in [4.78, 5) is 1.13. The molecular weight excluding hydrogens is 272 g/mol. The molecule has 0 radical (unpaired) electrons. The summed E-state index contributed by atoms with van der Waals surface area (Å²) in [6.07, 6.45) is 0. The van der Waals surface area contributed by atoms with Crippen LogP contribution in [0.2, 0.25) is 0 Å². The van der Waals surface area contributed by atoms with Crippen molar-refractivity contribution >= 4 is 11.3 Å². The van der Waals surface area contributed by atoms with Crippen molar-refractivity contribution in [2.45, 2.75) is 13.2 Å². The summed E-state index contributed by atoms with van der Waals surface area (Å²) in [6, 6.07) is 9.82. The highest BCUT2D eigenvalue weighted by Gasteiger charge is 1.99. The minimum absolute atomic E-state index is 0.112. The van der Waals surface area contributed by atoms with Crippen LogP contribution in [0.5, 0.6) is 5.75 Å². The number of aliphatic hydroxyl groups is 1. The Morgan fingerprint density at radius 1 is 1.20 bits per heavy atom. The molecule has 0 aliphatic carbocycles. The van der Waals surface area contributed by atoms with Gasteiger partial charge in [0.2, 0.25) is 0 Å². The van der Waals surface area contributed by atoms with Crippen LogP contribution in [0.3, 0.4) is 0 Å². The first-order valence-electron chi connectivity index (χ1n) is 6.19. The Morgan fingerprint density at radius 2 is 2.00 bits per heavy atom. The maximum atomic E-state index is 8.64. The average Bonchev–Trinajstić information content (AvgIpc) is 2.94. The standard InChI is InChI=1S/C16H16O3S/c1-18-15-6-4-13(5-7-15)10-19-11-16-9-14(12-20-16)3-2-8-17/h4-7,9,12,17H,8,10-11H2,1H3. The summed E-state index contributed by atoms with van der Waals surface area (Å²) in [5.74, 6) is 6.35. The summed E-state index contributed by atoms with van der Waals surface area (Å²) in [6.45, 7) is 1.02. The second-order valence-corrected chi connectivity index (χ2v) is 5.10. The normalized spacial score (nSPS) is 9.90. The van der Waals surface area contributed by atoms with Gasteiger partial charge in [-0.1, -0.05) is 24.0 Å². The lowest BCUT2D eigenvalue weighted by Gasteiger charge is -2.04. The van der Waals surface area contributed by atoms with Crippen molar-refractivity contribution in [3.63, 3.8) is 0 Å². The Kier molecular flexibility index (Phi) is 5.63. The third-order valence-corrected chi connectivity index (χ3v) is 3.55. The van der Waals surface area contributed by atoms with E-state index in [-0.39, 0.29) is 6.61 Å². The van der Waals surface area contributed by atoms with E-state index >= 15 is 0 Å². The van der Waals surface area contributed by atoms with Crippen LogP contribution in [0.4, 0.5) is 0 Å². The molecular formula is C16H16O3S. The number of hydrogen-bond acceptors (Lipinski definition) is 4. The molecule has 2 aromatic rings. The molecule has 0 saturated heterocycles. The van der Waals surface area contributed by atoms with Crippen LogP contribution in [-0.2, 0) is 18.0 Å². The first-order chi connectivity index (χ1) is 9.81. The summed E-state index contributed by atoms with van der Waals surface area (Å²) in [5.41, 5.74) is 2.04. The molecule has 4 heteroatoms. The number of aliphatic hydroxyl groups excluding tert-OH is 1. The van der Waals surface area contributed by atoms with Crippen molar-refractivity contribution in [3.05, 3.63) is 51.7 Å². The van der Waals surface area contributed by atoms with Crippen molar-refractivity contribution in [1.82, 2.24) is 0 Å². The number of rotatable bonds is 5. The van der Waals surface area contributed by atoms with Crippen molar-refractivity contribution < 1.29 is 14.6 Å². The van der Waals surface area contributed by atoms with E-state index in [0.29, 0.717) is 13.2 Å². The van der Waals surface area contributed by atoms with Crippen LogP contribution in [0.1, 0.15) is 16.0 Å². The van der Waals surface area contributed by atoms with E-state index in [1.165, 1.54) is 0 Å². The Labute approximate surface area is 122 Å². The molecule has 0 fully saturated rings. The van der Waals surface area contributed by atoms with E-state index in [4.69, 9.17) is 14.6 Å². The molecule has 0 bridgehead atoms. The topological polar surface area (TPSA) is 38.7 Å². The lowest BCUT2D eigenvalue weighted by Crippen LogP contribution is -1.92. The van der Waals surface area contributed by atoms with Crippen LogP contribution < -0.4 is 4.74 Å². The monoisotopic (exact) mass is 288 g/mol. The fourth-order valence-corrected chi connectivity index (χ4v) is 2.41. The Morgan fingerprint density at radius 3 is 2.70 bits per heavy atom. The van der Waals surface area contributed by atoms with Gasteiger partial charge in [0.05, 0.1) is 20.3 Å². The molecule has 0 saturated carbocycles. The van der Waals surface area contributed by atoms with Gasteiger partial charge in [-0.2, -0.15) is 0 Å². The highest BCUT2D eigenvalue weighted by Crippen LogP contribution is 2.16. The first-order valence-corrected chi connectivity index (χ1v) is 7.07. The minimum atomic E-state index is -0.112. The molecule has 104 valence electrons. The SMILES string of the molecule is COc1ccc(COCc2cc(C#CCO)cs2)cc1. The predicted molar refractivity (Wildman–Crippen MR) is 79.8 cm³/mol. The van der Waals surface area contributed by atoms with Gasteiger partial charge in [-0.3, -0.25) is 0 Å². The summed E-state index contributed by atoms with van der Waals surface area (Å²) in [7, 11) is 1.65. The van der Waals surface area contributed by atoms with Crippen molar-refractivity contribution in [3.8, 4) is 17.6 Å². The third-order valence-electron chi connectivity index (χ3n) is 2.64. The molecule has 0 aliphatic heterocycles. The molecule has 0 unspecified atom stereocenters. The van der Waals surface area contributed by atoms with Crippen LogP contribution in [-0.4, -0.2) is 18.8 Å². The number of methoxy groups -OCH3 is 1. The van der Waals surface area contributed by atoms with Gasteiger partial charge in [-0.05, 0) is 23.8 Å². The number of ether oxygens (including phenoxy) is 2. The maximum Gasteiger partial charge on any atom is 0.118 e. The van der Waals surface area contributed by atoms with Gasteiger partial charge in [0.25, 0.3) is 0 Å². The van der Waals surface area contributed by atoms with Crippen LogP contribution >= 0.6 is 11.3 Å². The Hall–Kier alpha value is -1.80. The van der Waals surface area contributed by atoms with Crippen molar-refractivity contribution in [2.24, 2.45) is 0 Å². The van der Waals surface area contributed by atoms with Gasteiger partial charge < -0.3 is 14.6 Å². The molecule has 1 N–H and O–H groups in total. The first kappa shape index (κ1) is 14.6. The molecule has 1 aromatic carbocycles. The lowest BCUT2D eigenvalue weighted by molar-refractivity contribution is 0.109. The van der Waals surface area contributed by atoms with Gasteiger partial charge in [0.15, 0.2) is 0 Å². The zero-order valence-corrected chi connectivity index (χ0v) is 12.1. The molecule has 1 aromatic heterocycles. The second kappa shape index (κ2) is 7.71. The van der Waals surface area contributed by atoms with E-state index < -0.39 is 0 Å². The number of thiophene rings is 1. The Bertz CT molecular complexity index is 590. The molecule has 0 atom stereocenters. The predicted octanol–water partition coefficient (Wildman–Crippen LogP) is 2.82. The molecule has 0 aliphatic rings. The van der Waals surface area contributed by atoms with Crippen molar-refractivity contribution in [1.29, 1.82) is 0 Å². The van der Waals surface area contributed by atoms with Gasteiger partial charge in [0, 0.05) is 15.8 Å². The van der Waals surface area contributed by atoms with E-state index in [9.17, 15) is 0 Å². The molecule has 0 amide bonds. The zero-order chi connectivity index (χ0) is 14.2. The van der Waals surface area contributed by atoms with Gasteiger partial charge in [-0.15, -0.1) is 11.3 Å². The van der Waals surface area contributed by atoms with Crippen LogP contribution in [0.25, 0.3) is 0 Å². The maximum absolute atomic E-state index is 8.64. The van der Waals surface area contributed by atoms with Crippen molar-refractivity contribution in [2.75, 3.05) is 13.7 Å². The average molecular weight is 288 g/mol. The fraction of sp³-hybridized carbons (Fsp3) is 0.250. The third kappa shape index (κ3) is 4.39. The zero-order valence-electron chi connectivity index (χ0n) is 11.3. The lowest BCUT2D eigenvalue weighted by atomic mass is 10.2. The van der Waals surface area contributed by atoms with Crippen LogP contribution in [0.15, 0.2) is 35.7 Å². The largest absolute Gasteiger partial charge is 0.497 e. The summed E-state index contributed by atoms with van der Waals surface area (Å²) < 4.78 is 10.8. The van der Waals surface area contributed by atoms with Gasteiger partial charge in [0.1, 0.15) is 12.4 Å². The second-order valence-electron chi connectivity index (χ2n) is 4.10. The highest BCUT2D eigenvalue weighted by molar-refractivity contribution is 7.10. The molecule has 3 nitrogen and oxygen atoms in total. The molecule has 20 heavy (non-hydrogen) atoms. The summed E-state index contributed by atoms with van der Waals surface area (Å²) in [5, 5.41) is 10.6. The Balaban J connectivity index is 1.81. The molecule has 2 rings (SSSR count). The van der Waals surface area contributed by atoms with E-state index in [1.54, 1.807) is 18.4 Å². The number of hydrogen-bond donors (Lipinski definition) is 1.